The lowest BCUT2D eigenvalue weighted by Crippen LogP contribution is -2.12. The Morgan fingerprint density at radius 3 is 2.88 bits per heavy atom. The second-order valence-electron chi connectivity index (χ2n) is 4.26. The highest BCUT2D eigenvalue weighted by atomic mass is 32.1. The van der Waals surface area contributed by atoms with Crippen molar-refractivity contribution in [3.63, 3.8) is 0 Å². The maximum absolute atomic E-state index is 5.21. The minimum Gasteiger partial charge on any atom is -0.378 e. The summed E-state index contributed by atoms with van der Waals surface area (Å²) in [7, 11) is 1.74. The Kier molecular flexibility index (Phi) is 4.32. The number of hydrogen-bond donors (Lipinski definition) is 1. The number of nitrogens with zero attached hydrogens (tertiary/aromatic N) is 1. The molecule has 0 radical (unpaired) electrons. The molecule has 1 aromatic rings. The summed E-state index contributed by atoms with van der Waals surface area (Å²) in [5.41, 5.74) is 1.13. The van der Waals surface area contributed by atoms with E-state index in [1.807, 2.05) is 11.3 Å². The third-order valence-corrected chi connectivity index (χ3v) is 4.33. The Labute approximate surface area is 101 Å². The summed E-state index contributed by atoms with van der Waals surface area (Å²) in [5.74, 6) is 0.732. The van der Waals surface area contributed by atoms with E-state index in [-0.39, 0.29) is 0 Å². The molecule has 0 bridgehead atoms. The van der Waals surface area contributed by atoms with Crippen molar-refractivity contribution >= 4 is 11.3 Å². The number of thiazole rings is 1. The Hall–Kier alpha value is -0.450. The third-order valence-electron chi connectivity index (χ3n) is 3.07. The van der Waals surface area contributed by atoms with Gasteiger partial charge in [-0.2, -0.15) is 0 Å². The highest BCUT2D eigenvalue weighted by Gasteiger charge is 2.24. The topological polar surface area (TPSA) is 34.2 Å². The molecule has 1 fully saturated rings. The summed E-state index contributed by atoms with van der Waals surface area (Å²) >= 11 is 1.87. The summed E-state index contributed by atoms with van der Waals surface area (Å²) in [6.07, 6.45) is 4.01. The molecule has 1 aliphatic carbocycles. The summed E-state index contributed by atoms with van der Waals surface area (Å²) in [6.45, 7) is 4.70. The van der Waals surface area contributed by atoms with Gasteiger partial charge in [-0.05, 0) is 19.4 Å². The average Bonchev–Trinajstić information content (AvgIpc) is 2.56. The standard InChI is InChI=1S/C12H20N2OS/c1-3-13-7-11-10(8-15-2)14-12(16-11)9-5-4-6-9/h9,13H,3-8H2,1-2H3. The van der Waals surface area contributed by atoms with Gasteiger partial charge >= 0.3 is 0 Å². The van der Waals surface area contributed by atoms with Crippen molar-refractivity contribution < 1.29 is 4.74 Å². The Morgan fingerprint density at radius 2 is 2.31 bits per heavy atom. The maximum Gasteiger partial charge on any atom is 0.0963 e. The van der Waals surface area contributed by atoms with E-state index in [1.165, 1.54) is 29.1 Å². The van der Waals surface area contributed by atoms with Gasteiger partial charge in [0.2, 0.25) is 0 Å². The van der Waals surface area contributed by atoms with Crippen molar-refractivity contribution in [2.45, 2.75) is 45.3 Å². The summed E-state index contributed by atoms with van der Waals surface area (Å²) in [6, 6.07) is 0. The molecule has 1 heterocycles. The van der Waals surface area contributed by atoms with Gasteiger partial charge < -0.3 is 10.1 Å². The number of rotatable bonds is 6. The first-order chi connectivity index (χ1) is 7.85. The zero-order valence-electron chi connectivity index (χ0n) is 10.1. The van der Waals surface area contributed by atoms with Crippen molar-refractivity contribution in [1.82, 2.24) is 10.3 Å². The first-order valence-corrected chi connectivity index (χ1v) is 6.85. The normalized spacial score (nSPS) is 16.4. The third kappa shape index (κ3) is 2.62. The van der Waals surface area contributed by atoms with Crippen molar-refractivity contribution in [1.29, 1.82) is 0 Å². The van der Waals surface area contributed by atoms with E-state index in [4.69, 9.17) is 9.72 Å². The van der Waals surface area contributed by atoms with Crippen LogP contribution in [0.1, 0.15) is 47.7 Å². The lowest BCUT2D eigenvalue weighted by atomic mass is 9.86. The first kappa shape index (κ1) is 12.0. The van der Waals surface area contributed by atoms with Crippen molar-refractivity contribution in [2.75, 3.05) is 13.7 Å². The SMILES string of the molecule is CCNCc1sc(C2CCC2)nc1COC. The molecule has 0 aromatic carbocycles. The van der Waals surface area contributed by atoms with Crippen molar-refractivity contribution in [2.24, 2.45) is 0 Å². The van der Waals surface area contributed by atoms with Gasteiger partial charge in [-0.1, -0.05) is 13.3 Å². The summed E-state index contributed by atoms with van der Waals surface area (Å²) in [5, 5.41) is 4.69. The second kappa shape index (κ2) is 5.75. The average molecular weight is 240 g/mol. The fraction of sp³-hybridized carbons (Fsp3) is 0.750. The quantitative estimate of drug-likeness (QED) is 0.830. The maximum atomic E-state index is 5.21. The zero-order valence-corrected chi connectivity index (χ0v) is 10.9. The molecule has 0 amide bonds. The summed E-state index contributed by atoms with van der Waals surface area (Å²) < 4.78 is 5.21. The van der Waals surface area contributed by atoms with E-state index in [9.17, 15) is 0 Å². The Morgan fingerprint density at radius 1 is 1.50 bits per heavy atom. The molecule has 3 nitrogen and oxygen atoms in total. The molecular formula is C12H20N2OS. The van der Waals surface area contributed by atoms with Gasteiger partial charge in [0.05, 0.1) is 17.3 Å². The van der Waals surface area contributed by atoms with E-state index in [0.29, 0.717) is 6.61 Å². The van der Waals surface area contributed by atoms with Crippen LogP contribution >= 0.6 is 11.3 Å². The van der Waals surface area contributed by atoms with Crippen LogP contribution in [0.4, 0.5) is 0 Å². The number of ether oxygens (including phenoxy) is 1. The van der Waals surface area contributed by atoms with Crippen LogP contribution in [0.5, 0.6) is 0 Å². The zero-order chi connectivity index (χ0) is 11.4. The van der Waals surface area contributed by atoms with Crippen LogP contribution in [0.3, 0.4) is 0 Å². The van der Waals surface area contributed by atoms with E-state index >= 15 is 0 Å². The molecule has 2 rings (SSSR count). The molecule has 0 unspecified atom stereocenters. The molecule has 4 heteroatoms. The molecule has 1 aromatic heterocycles. The van der Waals surface area contributed by atoms with Crippen LogP contribution in [-0.4, -0.2) is 18.6 Å². The molecule has 0 saturated heterocycles. The monoisotopic (exact) mass is 240 g/mol. The Bertz CT molecular complexity index is 334. The predicted octanol–water partition coefficient (Wildman–Crippen LogP) is 2.67. The molecule has 1 saturated carbocycles. The molecule has 0 spiro atoms. The van der Waals surface area contributed by atoms with Gasteiger partial charge in [0.15, 0.2) is 0 Å². The molecule has 1 N–H and O–H groups in total. The molecule has 90 valence electrons. The van der Waals surface area contributed by atoms with Crippen LogP contribution in [0.2, 0.25) is 0 Å². The van der Waals surface area contributed by atoms with Crippen LogP contribution in [0, 0.1) is 0 Å². The van der Waals surface area contributed by atoms with E-state index in [0.717, 1.165) is 24.7 Å². The second-order valence-corrected chi connectivity index (χ2v) is 5.38. The lowest BCUT2D eigenvalue weighted by Gasteiger charge is -2.22. The lowest BCUT2D eigenvalue weighted by molar-refractivity contribution is 0.181. The minimum absolute atomic E-state index is 0.643. The van der Waals surface area contributed by atoms with Gasteiger partial charge in [-0.15, -0.1) is 11.3 Å². The molecule has 0 aliphatic heterocycles. The van der Waals surface area contributed by atoms with Crippen LogP contribution in [-0.2, 0) is 17.9 Å². The highest BCUT2D eigenvalue weighted by molar-refractivity contribution is 7.11. The highest BCUT2D eigenvalue weighted by Crippen LogP contribution is 2.39. The number of hydrogen-bond acceptors (Lipinski definition) is 4. The van der Waals surface area contributed by atoms with Crippen LogP contribution in [0.25, 0.3) is 0 Å². The number of aromatic nitrogens is 1. The fourth-order valence-electron chi connectivity index (χ4n) is 1.86. The van der Waals surface area contributed by atoms with Gasteiger partial charge in [0, 0.05) is 24.4 Å². The van der Waals surface area contributed by atoms with Gasteiger partial charge in [-0.25, -0.2) is 4.98 Å². The van der Waals surface area contributed by atoms with E-state index < -0.39 is 0 Å². The van der Waals surface area contributed by atoms with Crippen molar-refractivity contribution in [3.05, 3.63) is 15.6 Å². The molecule has 0 atom stereocenters. The predicted molar refractivity (Wildman–Crippen MR) is 66.8 cm³/mol. The first-order valence-electron chi connectivity index (χ1n) is 6.03. The largest absolute Gasteiger partial charge is 0.378 e. The van der Waals surface area contributed by atoms with E-state index in [2.05, 4.69) is 12.2 Å². The smallest absolute Gasteiger partial charge is 0.0963 e. The van der Waals surface area contributed by atoms with Gasteiger partial charge in [-0.3, -0.25) is 0 Å². The van der Waals surface area contributed by atoms with E-state index in [1.54, 1.807) is 7.11 Å². The molecular weight excluding hydrogens is 220 g/mol. The minimum atomic E-state index is 0.643. The Balaban J connectivity index is 2.08. The fourth-order valence-corrected chi connectivity index (χ4v) is 3.07. The summed E-state index contributed by atoms with van der Waals surface area (Å²) in [4.78, 5) is 6.08. The number of methoxy groups -OCH3 is 1. The van der Waals surface area contributed by atoms with Crippen molar-refractivity contribution in [3.8, 4) is 0 Å². The van der Waals surface area contributed by atoms with Gasteiger partial charge in [0.1, 0.15) is 0 Å². The van der Waals surface area contributed by atoms with Crippen LogP contribution in [0.15, 0.2) is 0 Å². The van der Waals surface area contributed by atoms with Gasteiger partial charge in [0.25, 0.3) is 0 Å². The number of nitrogens with one attached hydrogen (secondary N) is 1. The van der Waals surface area contributed by atoms with Crippen LogP contribution < -0.4 is 5.32 Å². The molecule has 16 heavy (non-hydrogen) atoms. The molecule has 1 aliphatic rings.